The standard InChI is InChI=1S/C17H18BrNOS/c1-19-17-15-5-3-2-4-12(15)6-11-16(17)21(20)14-9-7-13(18)8-10-14/h2-5,7-10,16-17,19H,6,11H2,1H3. The van der Waals surface area contributed by atoms with Crippen LogP contribution < -0.4 is 5.32 Å². The Kier molecular flexibility index (Phi) is 4.57. The van der Waals surface area contributed by atoms with Crippen molar-refractivity contribution in [1.29, 1.82) is 0 Å². The van der Waals surface area contributed by atoms with Gasteiger partial charge in [0.05, 0.1) is 16.0 Å². The van der Waals surface area contributed by atoms with E-state index in [0.29, 0.717) is 0 Å². The van der Waals surface area contributed by atoms with Crippen molar-refractivity contribution < 1.29 is 4.21 Å². The second-order valence-corrected chi connectivity index (χ2v) is 7.88. The Morgan fingerprint density at radius 2 is 1.86 bits per heavy atom. The van der Waals surface area contributed by atoms with Gasteiger partial charge in [-0.1, -0.05) is 40.2 Å². The fourth-order valence-electron chi connectivity index (χ4n) is 3.05. The minimum absolute atomic E-state index is 0.117. The molecular weight excluding hydrogens is 346 g/mol. The first-order valence-corrected chi connectivity index (χ1v) is 9.12. The van der Waals surface area contributed by atoms with Gasteiger partial charge >= 0.3 is 0 Å². The zero-order valence-electron chi connectivity index (χ0n) is 11.9. The van der Waals surface area contributed by atoms with E-state index < -0.39 is 10.8 Å². The first-order valence-electron chi connectivity index (χ1n) is 7.12. The van der Waals surface area contributed by atoms with Crippen LogP contribution in [0.2, 0.25) is 0 Å². The van der Waals surface area contributed by atoms with Crippen LogP contribution in [0.25, 0.3) is 0 Å². The second-order valence-electron chi connectivity index (χ2n) is 5.29. The molecule has 1 aliphatic carbocycles. The van der Waals surface area contributed by atoms with Crippen molar-refractivity contribution in [3.05, 3.63) is 64.1 Å². The van der Waals surface area contributed by atoms with Gasteiger partial charge in [0.15, 0.2) is 0 Å². The molecule has 0 saturated carbocycles. The monoisotopic (exact) mass is 363 g/mol. The van der Waals surface area contributed by atoms with Crippen LogP contribution in [0.5, 0.6) is 0 Å². The Morgan fingerprint density at radius 1 is 1.14 bits per heavy atom. The van der Waals surface area contributed by atoms with E-state index >= 15 is 0 Å². The lowest BCUT2D eigenvalue weighted by atomic mass is 9.87. The topological polar surface area (TPSA) is 29.1 Å². The van der Waals surface area contributed by atoms with E-state index in [-0.39, 0.29) is 11.3 Å². The van der Waals surface area contributed by atoms with Crippen molar-refractivity contribution in [3.8, 4) is 0 Å². The van der Waals surface area contributed by atoms with Crippen LogP contribution in [0.15, 0.2) is 57.9 Å². The highest BCUT2D eigenvalue weighted by Gasteiger charge is 2.32. The minimum atomic E-state index is -0.999. The van der Waals surface area contributed by atoms with E-state index in [4.69, 9.17) is 0 Å². The van der Waals surface area contributed by atoms with Gasteiger partial charge < -0.3 is 5.32 Å². The van der Waals surface area contributed by atoms with Crippen molar-refractivity contribution in [2.45, 2.75) is 29.0 Å². The third-order valence-electron chi connectivity index (χ3n) is 4.09. The maximum atomic E-state index is 12.9. The molecule has 4 heteroatoms. The average Bonchev–Trinajstić information content (AvgIpc) is 2.53. The van der Waals surface area contributed by atoms with E-state index in [9.17, 15) is 4.21 Å². The number of nitrogens with one attached hydrogen (secondary N) is 1. The van der Waals surface area contributed by atoms with Crippen LogP contribution in [0.1, 0.15) is 23.6 Å². The summed E-state index contributed by atoms with van der Waals surface area (Å²) in [5.41, 5.74) is 2.67. The van der Waals surface area contributed by atoms with Crippen LogP contribution in [0, 0.1) is 0 Å². The summed E-state index contributed by atoms with van der Waals surface area (Å²) in [6.07, 6.45) is 1.95. The van der Waals surface area contributed by atoms with Crippen LogP contribution in [-0.2, 0) is 17.2 Å². The predicted molar refractivity (Wildman–Crippen MR) is 90.9 cm³/mol. The lowest BCUT2D eigenvalue weighted by Crippen LogP contribution is -2.36. The first-order chi connectivity index (χ1) is 10.2. The quantitative estimate of drug-likeness (QED) is 0.897. The van der Waals surface area contributed by atoms with Gasteiger partial charge in [-0.15, -0.1) is 0 Å². The van der Waals surface area contributed by atoms with Crippen molar-refractivity contribution in [2.75, 3.05) is 7.05 Å². The Bertz CT molecular complexity index is 656. The summed E-state index contributed by atoms with van der Waals surface area (Å²) in [5, 5.41) is 3.49. The molecule has 21 heavy (non-hydrogen) atoms. The number of halogens is 1. The van der Waals surface area contributed by atoms with Crippen LogP contribution in [0.4, 0.5) is 0 Å². The number of fused-ring (bicyclic) bond motifs is 1. The molecule has 3 rings (SSSR count). The van der Waals surface area contributed by atoms with Gasteiger partial charge in [0.1, 0.15) is 0 Å². The molecule has 2 aromatic carbocycles. The normalized spacial score (nSPS) is 22.6. The molecule has 0 saturated heterocycles. The van der Waals surface area contributed by atoms with Crippen LogP contribution >= 0.6 is 15.9 Å². The number of hydrogen-bond acceptors (Lipinski definition) is 2. The fourth-order valence-corrected chi connectivity index (χ4v) is 4.93. The number of aryl methyl sites for hydroxylation is 1. The van der Waals surface area contributed by atoms with Crippen LogP contribution in [-0.4, -0.2) is 16.5 Å². The van der Waals surface area contributed by atoms with Crippen molar-refractivity contribution in [3.63, 3.8) is 0 Å². The fraction of sp³-hybridized carbons (Fsp3) is 0.294. The zero-order valence-corrected chi connectivity index (χ0v) is 14.3. The van der Waals surface area contributed by atoms with E-state index in [1.54, 1.807) is 0 Å². The smallest absolute Gasteiger partial charge is 0.0592 e. The first kappa shape index (κ1) is 14.9. The van der Waals surface area contributed by atoms with Gasteiger partial charge in [-0.2, -0.15) is 0 Å². The number of benzene rings is 2. The van der Waals surface area contributed by atoms with Crippen molar-refractivity contribution in [1.82, 2.24) is 5.32 Å². The Hall–Kier alpha value is -0.970. The summed E-state index contributed by atoms with van der Waals surface area (Å²) in [4.78, 5) is 0.905. The molecule has 0 fully saturated rings. The largest absolute Gasteiger partial charge is 0.312 e. The van der Waals surface area contributed by atoms with E-state index in [1.807, 2.05) is 31.3 Å². The summed E-state index contributed by atoms with van der Waals surface area (Å²) in [5.74, 6) is 0. The highest BCUT2D eigenvalue weighted by molar-refractivity contribution is 9.10. The van der Waals surface area contributed by atoms with Crippen molar-refractivity contribution >= 4 is 26.7 Å². The third kappa shape index (κ3) is 2.98. The summed E-state index contributed by atoms with van der Waals surface area (Å²) in [7, 11) is 0.958. The summed E-state index contributed by atoms with van der Waals surface area (Å²) >= 11 is 3.43. The lowest BCUT2D eigenvalue weighted by Gasteiger charge is -2.32. The number of rotatable bonds is 3. The SMILES string of the molecule is CNC1c2ccccc2CCC1S(=O)c1ccc(Br)cc1. The predicted octanol–water partition coefficient (Wildman–Crippen LogP) is 3.83. The van der Waals surface area contributed by atoms with Crippen LogP contribution in [0.3, 0.4) is 0 Å². The van der Waals surface area contributed by atoms with E-state index in [0.717, 1.165) is 22.2 Å². The number of hydrogen-bond donors (Lipinski definition) is 1. The maximum Gasteiger partial charge on any atom is 0.0592 e. The Morgan fingerprint density at radius 3 is 2.57 bits per heavy atom. The molecule has 0 amide bonds. The molecule has 0 radical (unpaired) electrons. The zero-order chi connectivity index (χ0) is 14.8. The molecule has 0 aliphatic heterocycles. The third-order valence-corrected chi connectivity index (χ3v) is 6.42. The van der Waals surface area contributed by atoms with E-state index in [1.165, 1.54) is 11.1 Å². The van der Waals surface area contributed by atoms with E-state index in [2.05, 4.69) is 45.5 Å². The molecule has 0 heterocycles. The highest BCUT2D eigenvalue weighted by atomic mass is 79.9. The molecule has 0 aromatic heterocycles. The lowest BCUT2D eigenvalue weighted by molar-refractivity contribution is 0.497. The molecule has 3 unspecified atom stereocenters. The molecule has 110 valence electrons. The van der Waals surface area contributed by atoms with Gasteiger partial charge in [0.2, 0.25) is 0 Å². The van der Waals surface area contributed by atoms with Gasteiger partial charge in [-0.25, -0.2) is 0 Å². The van der Waals surface area contributed by atoms with Crippen molar-refractivity contribution in [2.24, 2.45) is 0 Å². The molecule has 2 nitrogen and oxygen atoms in total. The summed E-state index contributed by atoms with van der Waals surface area (Å²) in [6, 6.07) is 16.4. The molecule has 3 atom stereocenters. The minimum Gasteiger partial charge on any atom is -0.312 e. The average molecular weight is 364 g/mol. The van der Waals surface area contributed by atoms with Gasteiger partial charge in [0.25, 0.3) is 0 Å². The molecule has 1 aliphatic rings. The summed E-state index contributed by atoms with van der Waals surface area (Å²) < 4.78 is 14.0. The van der Waals surface area contributed by atoms with Gasteiger partial charge in [-0.05, 0) is 55.3 Å². The Labute approximate surface area is 136 Å². The van der Waals surface area contributed by atoms with Gasteiger partial charge in [0, 0.05) is 15.4 Å². The van der Waals surface area contributed by atoms with Gasteiger partial charge in [-0.3, -0.25) is 4.21 Å². The summed E-state index contributed by atoms with van der Waals surface area (Å²) in [6.45, 7) is 0. The molecular formula is C17H18BrNOS. The molecule has 0 bridgehead atoms. The molecule has 2 aromatic rings. The maximum absolute atomic E-state index is 12.9. The Balaban J connectivity index is 1.92. The molecule has 0 spiro atoms. The highest BCUT2D eigenvalue weighted by Crippen LogP contribution is 2.34. The molecule has 1 N–H and O–H groups in total. The second kappa shape index (κ2) is 6.42.